The maximum Gasteiger partial charge on any atom is 0.242 e. The van der Waals surface area contributed by atoms with E-state index >= 15 is 0 Å². The van der Waals surface area contributed by atoms with Crippen LogP contribution >= 0.6 is 23.5 Å². The van der Waals surface area contributed by atoms with Gasteiger partial charge in [-0.3, -0.25) is 4.79 Å². The number of benzene rings is 2. The fourth-order valence-electron chi connectivity index (χ4n) is 2.91. The van der Waals surface area contributed by atoms with Crippen molar-refractivity contribution < 1.29 is 9.53 Å². The summed E-state index contributed by atoms with van der Waals surface area (Å²) >= 11 is 3.69. The first-order valence-electron chi connectivity index (χ1n) is 8.86. The number of hydrogen-bond acceptors (Lipinski definition) is 5. The number of nitrogens with one attached hydrogen (secondary N) is 1. The zero-order valence-electron chi connectivity index (χ0n) is 15.2. The molecule has 0 unspecified atom stereocenters. The van der Waals surface area contributed by atoms with Gasteiger partial charge in [0.15, 0.2) is 0 Å². The van der Waals surface area contributed by atoms with Gasteiger partial charge in [-0.05, 0) is 30.2 Å². The Bertz CT molecular complexity index is 801. The lowest BCUT2D eigenvalue weighted by molar-refractivity contribution is -0.121. The van der Waals surface area contributed by atoms with Gasteiger partial charge in [-0.2, -0.15) is 5.10 Å². The van der Waals surface area contributed by atoms with Crippen molar-refractivity contribution in [3.8, 4) is 5.75 Å². The Kier molecular flexibility index (Phi) is 6.48. The highest BCUT2D eigenvalue weighted by molar-refractivity contribution is 8.21. The maximum absolute atomic E-state index is 12.2. The molecule has 0 atom stereocenters. The van der Waals surface area contributed by atoms with Crippen LogP contribution in [0.4, 0.5) is 0 Å². The zero-order valence-corrected chi connectivity index (χ0v) is 16.8. The van der Waals surface area contributed by atoms with Crippen LogP contribution in [-0.2, 0) is 4.79 Å². The van der Waals surface area contributed by atoms with Crippen molar-refractivity contribution in [2.24, 2.45) is 5.10 Å². The molecule has 1 heterocycles. The lowest BCUT2D eigenvalue weighted by Gasteiger charge is -2.19. The number of hydrogen-bond donors (Lipinski definition) is 1. The van der Waals surface area contributed by atoms with E-state index in [1.54, 1.807) is 6.21 Å². The molecule has 138 valence electrons. The fraction of sp³-hybridized carbons (Fsp3) is 0.400. The highest BCUT2D eigenvalue weighted by Gasteiger charge is 2.32. The minimum atomic E-state index is -0.0538. The van der Waals surface area contributed by atoms with Crippen molar-refractivity contribution in [1.29, 1.82) is 0 Å². The van der Waals surface area contributed by atoms with E-state index in [2.05, 4.69) is 30.4 Å². The van der Waals surface area contributed by atoms with Crippen LogP contribution in [0.2, 0.25) is 0 Å². The molecular weight excluding hydrogens is 364 g/mol. The lowest BCUT2D eigenvalue weighted by atomic mass is 10.0. The first kappa shape index (κ1) is 19.1. The summed E-state index contributed by atoms with van der Waals surface area (Å²) in [5, 5.41) is 6.39. The SMILES string of the molecule is CCCOc1ccc2ccccc2c1/C=N\NC(=O)CC1(C)SCCS1. The number of carbonyl (C=O) groups excluding carboxylic acids is 1. The molecule has 1 saturated heterocycles. The number of ether oxygens (including phenoxy) is 1. The van der Waals surface area contributed by atoms with Crippen molar-refractivity contribution in [1.82, 2.24) is 5.43 Å². The summed E-state index contributed by atoms with van der Waals surface area (Å²) in [6, 6.07) is 12.1. The summed E-state index contributed by atoms with van der Waals surface area (Å²) in [5.41, 5.74) is 3.58. The van der Waals surface area contributed by atoms with Crippen molar-refractivity contribution in [2.45, 2.75) is 30.8 Å². The Morgan fingerprint density at radius 2 is 2.04 bits per heavy atom. The second-order valence-electron chi connectivity index (χ2n) is 6.35. The van der Waals surface area contributed by atoms with E-state index in [0.29, 0.717) is 13.0 Å². The molecule has 1 aliphatic heterocycles. The summed E-state index contributed by atoms with van der Waals surface area (Å²) in [5.74, 6) is 2.94. The highest BCUT2D eigenvalue weighted by atomic mass is 32.2. The van der Waals surface area contributed by atoms with Crippen LogP contribution in [0.3, 0.4) is 0 Å². The molecule has 2 aromatic rings. The van der Waals surface area contributed by atoms with Gasteiger partial charge < -0.3 is 4.74 Å². The number of hydrazone groups is 1. The highest BCUT2D eigenvalue weighted by Crippen LogP contribution is 2.45. The van der Waals surface area contributed by atoms with Crippen LogP contribution in [0.5, 0.6) is 5.75 Å². The van der Waals surface area contributed by atoms with Crippen LogP contribution in [0.1, 0.15) is 32.3 Å². The van der Waals surface area contributed by atoms with Crippen LogP contribution in [-0.4, -0.2) is 34.3 Å². The standard InChI is InChI=1S/C20H24N2O2S2/c1-3-10-24-18-9-8-15-6-4-5-7-16(15)17(18)14-21-22-19(23)13-20(2)25-11-12-26-20/h4-9,14H,3,10-13H2,1-2H3,(H,22,23)/b21-14-. The normalized spacial score (nSPS) is 16.2. The number of thioether (sulfide) groups is 2. The molecule has 1 N–H and O–H groups in total. The van der Waals surface area contributed by atoms with E-state index in [9.17, 15) is 4.79 Å². The van der Waals surface area contributed by atoms with Crippen molar-refractivity contribution in [3.05, 3.63) is 42.0 Å². The maximum atomic E-state index is 12.2. The third-order valence-electron chi connectivity index (χ3n) is 4.16. The molecule has 0 aromatic heterocycles. The zero-order chi connectivity index (χ0) is 18.4. The van der Waals surface area contributed by atoms with Gasteiger partial charge >= 0.3 is 0 Å². The van der Waals surface area contributed by atoms with Crippen molar-refractivity contribution in [2.75, 3.05) is 18.1 Å². The number of rotatable bonds is 7. The summed E-state index contributed by atoms with van der Waals surface area (Å²) in [6.07, 6.45) is 3.10. The molecular formula is C20H24N2O2S2. The first-order valence-corrected chi connectivity index (χ1v) is 10.8. The topological polar surface area (TPSA) is 50.7 Å². The third kappa shape index (κ3) is 4.74. The molecule has 2 aromatic carbocycles. The van der Waals surface area contributed by atoms with Gasteiger partial charge in [-0.15, -0.1) is 23.5 Å². The van der Waals surface area contributed by atoms with E-state index in [1.807, 2.05) is 53.9 Å². The molecule has 1 fully saturated rings. The number of amides is 1. The van der Waals surface area contributed by atoms with Crippen LogP contribution in [0, 0.1) is 0 Å². The minimum Gasteiger partial charge on any atom is -0.493 e. The molecule has 6 heteroatoms. The van der Waals surface area contributed by atoms with E-state index in [-0.39, 0.29) is 9.99 Å². The monoisotopic (exact) mass is 388 g/mol. The van der Waals surface area contributed by atoms with Gasteiger partial charge in [-0.25, -0.2) is 5.43 Å². The van der Waals surface area contributed by atoms with Crippen LogP contribution in [0.25, 0.3) is 10.8 Å². The van der Waals surface area contributed by atoms with E-state index in [4.69, 9.17) is 4.74 Å². The van der Waals surface area contributed by atoms with Crippen molar-refractivity contribution in [3.63, 3.8) is 0 Å². The molecule has 0 radical (unpaired) electrons. The molecule has 0 aliphatic carbocycles. The number of nitrogens with zero attached hydrogens (tertiary/aromatic N) is 1. The molecule has 1 amide bonds. The Labute approximate surface area is 163 Å². The van der Waals surface area contributed by atoms with Gasteiger partial charge in [0.25, 0.3) is 0 Å². The predicted octanol–water partition coefficient (Wildman–Crippen LogP) is 4.67. The first-order chi connectivity index (χ1) is 12.6. The van der Waals surface area contributed by atoms with Gasteiger partial charge in [-0.1, -0.05) is 37.3 Å². The molecule has 4 nitrogen and oxygen atoms in total. The second-order valence-corrected chi connectivity index (χ2v) is 9.80. The van der Waals surface area contributed by atoms with E-state index in [1.165, 1.54) is 0 Å². The number of carbonyl (C=O) groups is 1. The van der Waals surface area contributed by atoms with E-state index < -0.39 is 0 Å². The smallest absolute Gasteiger partial charge is 0.242 e. The Balaban J connectivity index is 1.75. The Morgan fingerprint density at radius 3 is 2.81 bits per heavy atom. The summed E-state index contributed by atoms with van der Waals surface area (Å²) in [6.45, 7) is 4.85. The minimum absolute atomic E-state index is 0.0333. The van der Waals surface area contributed by atoms with Gasteiger partial charge in [0.1, 0.15) is 5.75 Å². The summed E-state index contributed by atoms with van der Waals surface area (Å²) in [7, 11) is 0. The predicted molar refractivity (Wildman–Crippen MR) is 113 cm³/mol. The molecule has 1 aliphatic rings. The summed E-state index contributed by atoms with van der Waals surface area (Å²) < 4.78 is 5.83. The fourth-order valence-corrected chi connectivity index (χ4v) is 5.74. The quantitative estimate of drug-likeness (QED) is 0.553. The lowest BCUT2D eigenvalue weighted by Crippen LogP contribution is -2.26. The molecule has 0 saturated carbocycles. The summed E-state index contributed by atoms with van der Waals surface area (Å²) in [4.78, 5) is 12.2. The Morgan fingerprint density at radius 1 is 1.27 bits per heavy atom. The van der Waals surface area contributed by atoms with Crippen LogP contribution < -0.4 is 10.2 Å². The van der Waals surface area contributed by atoms with Crippen molar-refractivity contribution >= 4 is 46.4 Å². The van der Waals surface area contributed by atoms with E-state index in [0.717, 1.165) is 40.0 Å². The second kappa shape index (κ2) is 8.82. The van der Waals surface area contributed by atoms with Gasteiger partial charge in [0, 0.05) is 17.1 Å². The molecule has 3 rings (SSSR count). The average molecular weight is 389 g/mol. The van der Waals surface area contributed by atoms with Gasteiger partial charge in [0.05, 0.1) is 23.3 Å². The molecule has 0 bridgehead atoms. The number of fused-ring (bicyclic) bond motifs is 1. The largest absolute Gasteiger partial charge is 0.493 e. The average Bonchev–Trinajstić information content (AvgIpc) is 3.06. The van der Waals surface area contributed by atoms with Crippen LogP contribution in [0.15, 0.2) is 41.5 Å². The third-order valence-corrected chi connectivity index (χ3v) is 7.45. The molecule has 26 heavy (non-hydrogen) atoms. The Hall–Kier alpha value is -1.66. The van der Waals surface area contributed by atoms with Gasteiger partial charge in [0.2, 0.25) is 5.91 Å². The molecule has 0 spiro atoms.